The van der Waals surface area contributed by atoms with Crippen LogP contribution in [0, 0.1) is 0 Å². The van der Waals surface area contributed by atoms with Crippen LogP contribution in [-0.2, 0) is 11.3 Å². The van der Waals surface area contributed by atoms with E-state index >= 15 is 0 Å². The van der Waals surface area contributed by atoms with Crippen LogP contribution in [0.4, 0.5) is 0 Å². The molecule has 2 rings (SSSR count). The fourth-order valence-electron chi connectivity index (χ4n) is 1.66. The predicted molar refractivity (Wildman–Crippen MR) is 86.3 cm³/mol. The van der Waals surface area contributed by atoms with E-state index in [4.69, 9.17) is 27.9 Å². The zero-order valence-electron chi connectivity index (χ0n) is 11.0. The molecule has 0 atom stereocenters. The van der Waals surface area contributed by atoms with Gasteiger partial charge < -0.3 is 9.47 Å². The van der Waals surface area contributed by atoms with Gasteiger partial charge in [0.05, 0.1) is 17.7 Å². The Bertz CT molecular complexity index is 674. The van der Waals surface area contributed by atoms with Crippen molar-refractivity contribution in [1.29, 1.82) is 0 Å². The molecule has 0 saturated carbocycles. The lowest BCUT2D eigenvalue weighted by molar-refractivity contribution is 0.0600. The quantitative estimate of drug-likeness (QED) is 0.680. The van der Waals surface area contributed by atoms with Crippen molar-refractivity contribution in [1.82, 2.24) is 0 Å². The van der Waals surface area contributed by atoms with E-state index in [2.05, 4.69) is 20.7 Å². The summed E-state index contributed by atoms with van der Waals surface area (Å²) in [5.41, 5.74) is 1.34. The van der Waals surface area contributed by atoms with Crippen molar-refractivity contribution in [3.05, 3.63) is 62.0 Å². The number of carbonyl (C=O) groups is 1. The molecule has 0 aliphatic heterocycles. The summed E-state index contributed by atoms with van der Waals surface area (Å²) < 4.78 is 11.1. The molecular weight excluding hydrogens is 379 g/mol. The van der Waals surface area contributed by atoms with Crippen LogP contribution in [-0.4, -0.2) is 13.1 Å². The summed E-state index contributed by atoms with van der Waals surface area (Å²) in [5, 5.41) is 0.816. The maximum absolute atomic E-state index is 11.4. The van der Waals surface area contributed by atoms with E-state index in [-0.39, 0.29) is 5.97 Å². The maximum atomic E-state index is 11.4. The molecule has 0 fully saturated rings. The molecule has 0 heterocycles. The van der Waals surface area contributed by atoms with E-state index in [1.807, 2.05) is 0 Å². The predicted octanol–water partition coefficient (Wildman–Crippen LogP) is 5.12. The first-order chi connectivity index (χ1) is 10.0. The van der Waals surface area contributed by atoms with Gasteiger partial charge in [0, 0.05) is 10.0 Å². The second kappa shape index (κ2) is 7.16. The highest BCUT2D eigenvalue weighted by molar-refractivity contribution is 9.10. The average Bonchev–Trinajstić information content (AvgIpc) is 2.49. The molecule has 0 N–H and O–H groups in total. The largest absolute Gasteiger partial charge is 0.487 e. The molecule has 0 unspecified atom stereocenters. The summed E-state index contributed by atoms with van der Waals surface area (Å²) in [7, 11) is 1.34. The second-order valence-corrected chi connectivity index (χ2v) is 5.78. The van der Waals surface area contributed by atoms with Crippen molar-refractivity contribution in [3.63, 3.8) is 0 Å². The van der Waals surface area contributed by atoms with Gasteiger partial charge in [0.25, 0.3) is 0 Å². The van der Waals surface area contributed by atoms with E-state index < -0.39 is 0 Å². The standard InChI is InChI=1S/C15H11BrCl2O3/c1-20-15(19)9-5-6-10(11(16)7-9)8-21-13-4-2-3-12(17)14(13)18/h2-7H,8H2,1H3. The lowest BCUT2D eigenvalue weighted by atomic mass is 10.1. The molecule has 0 amide bonds. The molecule has 6 heteroatoms. The average molecular weight is 390 g/mol. The Hall–Kier alpha value is -1.23. The number of benzene rings is 2. The number of hydrogen-bond donors (Lipinski definition) is 0. The Morgan fingerprint density at radius 1 is 1.24 bits per heavy atom. The van der Waals surface area contributed by atoms with Crippen molar-refractivity contribution < 1.29 is 14.3 Å². The summed E-state index contributed by atoms with van der Waals surface area (Å²) in [6.45, 7) is 0.294. The summed E-state index contributed by atoms with van der Waals surface area (Å²) in [5.74, 6) is 0.120. The molecule has 110 valence electrons. The molecule has 0 aromatic heterocycles. The zero-order chi connectivity index (χ0) is 15.4. The molecule has 3 nitrogen and oxygen atoms in total. The van der Waals surface area contributed by atoms with E-state index in [1.54, 1.807) is 36.4 Å². The topological polar surface area (TPSA) is 35.5 Å². The molecule has 0 aliphatic carbocycles. The van der Waals surface area contributed by atoms with E-state index in [1.165, 1.54) is 7.11 Å². The van der Waals surface area contributed by atoms with Gasteiger partial charge in [0.15, 0.2) is 0 Å². The molecule has 0 saturated heterocycles. The highest BCUT2D eigenvalue weighted by Gasteiger charge is 2.10. The Kier molecular flexibility index (Phi) is 5.51. The van der Waals surface area contributed by atoms with Gasteiger partial charge in [-0.05, 0) is 24.3 Å². The normalized spacial score (nSPS) is 10.3. The first kappa shape index (κ1) is 16.1. The number of carbonyl (C=O) groups excluding carboxylic acids is 1. The van der Waals surface area contributed by atoms with Crippen LogP contribution in [0.25, 0.3) is 0 Å². The maximum Gasteiger partial charge on any atom is 0.337 e. The van der Waals surface area contributed by atoms with Crippen LogP contribution in [0.1, 0.15) is 15.9 Å². The molecule has 0 bridgehead atoms. The van der Waals surface area contributed by atoms with Crippen molar-refractivity contribution in [2.45, 2.75) is 6.61 Å². The number of halogens is 3. The van der Waals surface area contributed by atoms with Gasteiger partial charge in [-0.1, -0.05) is 51.3 Å². The van der Waals surface area contributed by atoms with E-state index in [9.17, 15) is 4.79 Å². The number of esters is 1. The summed E-state index contributed by atoms with van der Waals surface area (Å²) in [6.07, 6.45) is 0. The van der Waals surface area contributed by atoms with E-state index in [0.29, 0.717) is 28.0 Å². The number of ether oxygens (including phenoxy) is 2. The first-order valence-corrected chi connectivity index (χ1v) is 7.51. The van der Waals surface area contributed by atoms with Crippen LogP contribution >= 0.6 is 39.1 Å². The molecule has 0 radical (unpaired) electrons. The third-order valence-electron chi connectivity index (χ3n) is 2.77. The van der Waals surface area contributed by atoms with Gasteiger partial charge in [0.2, 0.25) is 0 Å². The van der Waals surface area contributed by atoms with Gasteiger partial charge in [-0.3, -0.25) is 0 Å². The van der Waals surface area contributed by atoms with Crippen molar-refractivity contribution >= 4 is 45.1 Å². The SMILES string of the molecule is COC(=O)c1ccc(COc2cccc(Cl)c2Cl)c(Br)c1. The van der Waals surface area contributed by atoms with Crippen LogP contribution in [0.5, 0.6) is 5.75 Å². The van der Waals surface area contributed by atoms with Crippen LogP contribution in [0.3, 0.4) is 0 Å². The van der Waals surface area contributed by atoms with Crippen LogP contribution in [0.15, 0.2) is 40.9 Å². The number of methoxy groups -OCH3 is 1. The van der Waals surface area contributed by atoms with Crippen molar-refractivity contribution in [3.8, 4) is 5.75 Å². The Morgan fingerprint density at radius 2 is 2.00 bits per heavy atom. The number of hydrogen-bond acceptors (Lipinski definition) is 3. The minimum atomic E-state index is -0.388. The number of rotatable bonds is 4. The fourth-order valence-corrected chi connectivity index (χ4v) is 2.50. The van der Waals surface area contributed by atoms with Gasteiger partial charge in [-0.15, -0.1) is 0 Å². The lowest BCUT2D eigenvalue weighted by Crippen LogP contribution is -2.03. The Labute approximate surface area is 140 Å². The fraction of sp³-hybridized carbons (Fsp3) is 0.133. The lowest BCUT2D eigenvalue weighted by Gasteiger charge is -2.11. The minimum absolute atomic E-state index is 0.294. The Morgan fingerprint density at radius 3 is 2.67 bits per heavy atom. The molecular formula is C15H11BrCl2O3. The van der Waals surface area contributed by atoms with Gasteiger partial charge in [-0.25, -0.2) is 4.79 Å². The molecule has 0 aliphatic rings. The highest BCUT2D eigenvalue weighted by atomic mass is 79.9. The third kappa shape index (κ3) is 3.90. The molecule has 0 spiro atoms. The smallest absolute Gasteiger partial charge is 0.337 e. The first-order valence-electron chi connectivity index (χ1n) is 5.96. The van der Waals surface area contributed by atoms with Crippen molar-refractivity contribution in [2.24, 2.45) is 0 Å². The van der Waals surface area contributed by atoms with E-state index in [0.717, 1.165) is 10.0 Å². The zero-order valence-corrected chi connectivity index (χ0v) is 14.1. The molecule has 2 aromatic carbocycles. The third-order valence-corrected chi connectivity index (χ3v) is 4.31. The summed E-state index contributed by atoms with van der Waals surface area (Å²) in [6, 6.07) is 10.3. The molecule has 2 aromatic rings. The van der Waals surface area contributed by atoms with Gasteiger partial charge in [-0.2, -0.15) is 0 Å². The Balaban J connectivity index is 2.13. The van der Waals surface area contributed by atoms with Crippen molar-refractivity contribution in [2.75, 3.05) is 7.11 Å². The van der Waals surface area contributed by atoms with Crippen LogP contribution in [0.2, 0.25) is 10.0 Å². The summed E-state index contributed by atoms with van der Waals surface area (Å²) >= 11 is 15.4. The second-order valence-electron chi connectivity index (χ2n) is 4.14. The monoisotopic (exact) mass is 388 g/mol. The molecule has 21 heavy (non-hydrogen) atoms. The summed E-state index contributed by atoms with van der Waals surface area (Å²) in [4.78, 5) is 11.4. The highest BCUT2D eigenvalue weighted by Crippen LogP contribution is 2.32. The minimum Gasteiger partial charge on any atom is -0.487 e. The van der Waals surface area contributed by atoms with Gasteiger partial charge >= 0.3 is 5.97 Å². The van der Waals surface area contributed by atoms with Crippen LogP contribution < -0.4 is 4.74 Å². The van der Waals surface area contributed by atoms with Gasteiger partial charge in [0.1, 0.15) is 17.4 Å².